The van der Waals surface area contributed by atoms with E-state index in [1.807, 2.05) is 0 Å². The van der Waals surface area contributed by atoms with Gasteiger partial charge in [0.05, 0.1) is 11.7 Å². The molecule has 1 aromatic heterocycles. The van der Waals surface area contributed by atoms with Crippen LogP contribution in [0.15, 0.2) is 36.9 Å². The van der Waals surface area contributed by atoms with Crippen LogP contribution in [0, 0.1) is 5.82 Å². The van der Waals surface area contributed by atoms with E-state index >= 15 is 0 Å². The molecule has 22 heavy (non-hydrogen) atoms. The van der Waals surface area contributed by atoms with E-state index in [1.54, 1.807) is 32.2 Å². The van der Waals surface area contributed by atoms with Crippen LogP contribution in [-0.2, 0) is 4.18 Å². The number of carbonyl (C=O) groups is 1. The van der Waals surface area contributed by atoms with Gasteiger partial charge in [-0.15, -0.1) is 0 Å². The van der Waals surface area contributed by atoms with E-state index in [9.17, 15) is 9.18 Å². The molecular formula is C15H16FN3O2S. The molecule has 116 valence electrons. The Morgan fingerprint density at radius 3 is 2.77 bits per heavy atom. The third kappa shape index (κ3) is 2.99. The molecule has 0 saturated carbocycles. The second-order valence-corrected chi connectivity index (χ2v) is 4.85. The van der Waals surface area contributed by atoms with Crippen molar-refractivity contribution in [3.05, 3.63) is 59.7 Å². The number of hydrogen-bond donors (Lipinski definition) is 2. The quantitative estimate of drug-likeness (QED) is 0.657. The fraction of sp³-hybridized carbons (Fsp3) is 0.200. The number of nitrogens with one attached hydrogen (secondary N) is 1. The molecule has 0 aliphatic heterocycles. The van der Waals surface area contributed by atoms with Crippen LogP contribution in [-0.4, -0.2) is 22.8 Å². The first-order chi connectivity index (χ1) is 10.5. The van der Waals surface area contributed by atoms with Crippen LogP contribution in [0.4, 0.5) is 4.39 Å². The van der Waals surface area contributed by atoms with E-state index in [1.165, 1.54) is 16.8 Å². The summed E-state index contributed by atoms with van der Waals surface area (Å²) in [6.45, 7) is 5.54. The second-order valence-electron chi connectivity index (χ2n) is 4.66. The monoisotopic (exact) mass is 321 g/mol. The summed E-state index contributed by atoms with van der Waals surface area (Å²) < 4.78 is 19.8. The van der Waals surface area contributed by atoms with Crippen molar-refractivity contribution >= 4 is 24.6 Å². The van der Waals surface area contributed by atoms with Gasteiger partial charge in [0.2, 0.25) is 0 Å². The number of aromatic nitrogens is 2. The highest BCUT2D eigenvalue weighted by Crippen LogP contribution is 2.24. The van der Waals surface area contributed by atoms with Gasteiger partial charge < -0.3 is 9.50 Å². The molecule has 0 bridgehead atoms. The van der Waals surface area contributed by atoms with Gasteiger partial charge in [0.1, 0.15) is 17.2 Å². The summed E-state index contributed by atoms with van der Waals surface area (Å²) in [4.78, 5) is 11.9. The van der Waals surface area contributed by atoms with Crippen LogP contribution in [0.3, 0.4) is 0 Å². The van der Waals surface area contributed by atoms with Gasteiger partial charge in [-0.2, -0.15) is 5.10 Å². The third-order valence-corrected chi connectivity index (χ3v) is 3.53. The first kappa shape index (κ1) is 16.1. The van der Waals surface area contributed by atoms with E-state index in [4.69, 9.17) is 0 Å². The molecular weight excluding hydrogens is 305 g/mol. The fourth-order valence-electron chi connectivity index (χ4n) is 2.11. The Bertz CT molecular complexity index is 715. The topological polar surface area (TPSA) is 56.1 Å². The largest absolute Gasteiger partial charge is 0.390 e. The van der Waals surface area contributed by atoms with Crippen molar-refractivity contribution in [3.63, 3.8) is 0 Å². The van der Waals surface area contributed by atoms with Crippen molar-refractivity contribution < 1.29 is 13.4 Å². The van der Waals surface area contributed by atoms with E-state index in [0.717, 1.165) is 0 Å². The molecule has 0 fully saturated rings. The van der Waals surface area contributed by atoms with Gasteiger partial charge in [0.25, 0.3) is 0 Å². The Morgan fingerprint density at radius 1 is 1.50 bits per heavy atom. The predicted octanol–water partition coefficient (Wildman–Crippen LogP) is 2.82. The molecule has 0 radical (unpaired) electrons. The number of nitrogens with zero attached hydrogens (tertiary/aromatic N) is 2. The highest BCUT2D eigenvalue weighted by atomic mass is 32.1. The summed E-state index contributed by atoms with van der Waals surface area (Å²) >= 11 is 3.53. The summed E-state index contributed by atoms with van der Waals surface area (Å²) in [5.41, 5.74) is 1.59. The minimum Gasteiger partial charge on any atom is -0.390 e. The average Bonchev–Trinajstić information content (AvgIpc) is 2.98. The Labute approximate surface area is 133 Å². The van der Waals surface area contributed by atoms with Crippen LogP contribution in [0.5, 0.6) is 0 Å². The lowest BCUT2D eigenvalue weighted by molar-refractivity contribution is 0.0758. The molecule has 1 unspecified atom stereocenters. The van der Waals surface area contributed by atoms with Crippen LogP contribution in [0.1, 0.15) is 34.7 Å². The lowest BCUT2D eigenvalue weighted by atomic mass is 10.1. The molecule has 0 aliphatic carbocycles. The molecule has 1 N–H and O–H groups in total. The van der Waals surface area contributed by atoms with E-state index in [-0.39, 0.29) is 11.5 Å². The highest BCUT2D eigenvalue weighted by molar-refractivity contribution is 7.75. The Balaban J connectivity index is 2.53. The number of hydrogen-bond acceptors (Lipinski definition) is 5. The number of benzene rings is 1. The SMILES string of the molecule is C=C(NC)c1cc(C(=O)OS)n(C(C)c2ccccc2F)n1. The lowest BCUT2D eigenvalue weighted by Crippen LogP contribution is -2.17. The molecule has 0 saturated heterocycles. The van der Waals surface area contributed by atoms with Gasteiger partial charge in [-0.3, -0.25) is 4.68 Å². The molecule has 2 aromatic rings. The number of thiol groups is 1. The summed E-state index contributed by atoms with van der Waals surface area (Å²) in [5, 5.41) is 7.17. The minimum atomic E-state index is -0.672. The van der Waals surface area contributed by atoms with Crippen LogP contribution in [0.25, 0.3) is 5.70 Å². The molecule has 0 spiro atoms. The van der Waals surface area contributed by atoms with Gasteiger partial charge in [-0.05, 0) is 13.0 Å². The van der Waals surface area contributed by atoms with Crippen molar-refractivity contribution in [2.45, 2.75) is 13.0 Å². The standard InChI is InChI=1S/C15H16FN3O2S/c1-9(17-3)13-8-14(15(20)21-22)19(18-13)10(2)11-6-4-5-7-12(11)16/h4-8,10,17,22H,1H2,2-3H3. The Morgan fingerprint density at radius 2 is 2.18 bits per heavy atom. The minimum absolute atomic E-state index is 0.164. The summed E-state index contributed by atoms with van der Waals surface area (Å²) in [5.74, 6) is -1.04. The lowest BCUT2D eigenvalue weighted by Gasteiger charge is -2.15. The maximum absolute atomic E-state index is 14.0. The normalized spacial score (nSPS) is 11.8. The summed E-state index contributed by atoms with van der Waals surface area (Å²) in [6.07, 6.45) is 0. The summed E-state index contributed by atoms with van der Waals surface area (Å²) in [7, 11) is 1.69. The highest BCUT2D eigenvalue weighted by Gasteiger charge is 2.23. The second kappa shape index (κ2) is 6.65. The van der Waals surface area contributed by atoms with E-state index < -0.39 is 12.0 Å². The molecule has 0 aliphatic rings. The molecule has 5 nitrogen and oxygen atoms in total. The maximum Gasteiger partial charge on any atom is 0.368 e. The van der Waals surface area contributed by atoms with Gasteiger partial charge in [0.15, 0.2) is 0 Å². The predicted molar refractivity (Wildman–Crippen MR) is 84.9 cm³/mol. The number of carbonyl (C=O) groups excluding carboxylic acids is 1. The molecule has 1 heterocycles. The fourth-order valence-corrected chi connectivity index (χ4v) is 2.20. The molecule has 0 amide bonds. The molecule has 1 aromatic carbocycles. The number of rotatable bonds is 5. The van der Waals surface area contributed by atoms with E-state index in [2.05, 4.69) is 34.1 Å². The number of halogens is 1. The van der Waals surface area contributed by atoms with Crippen molar-refractivity contribution in [2.24, 2.45) is 0 Å². The van der Waals surface area contributed by atoms with Crippen LogP contribution < -0.4 is 5.32 Å². The van der Waals surface area contributed by atoms with Gasteiger partial charge in [-0.1, -0.05) is 24.8 Å². The third-order valence-electron chi connectivity index (χ3n) is 3.36. The van der Waals surface area contributed by atoms with Gasteiger partial charge >= 0.3 is 5.97 Å². The Hall–Kier alpha value is -2.28. The summed E-state index contributed by atoms with van der Waals surface area (Å²) in [6, 6.07) is 7.36. The first-order valence-electron chi connectivity index (χ1n) is 6.56. The molecule has 1 atom stereocenters. The zero-order valence-electron chi connectivity index (χ0n) is 12.2. The first-order valence-corrected chi connectivity index (χ1v) is 6.92. The van der Waals surface area contributed by atoms with Crippen molar-refractivity contribution in [3.8, 4) is 0 Å². The van der Waals surface area contributed by atoms with Gasteiger partial charge in [-0.25, -0.2) is 9.18 Å². The average molecular weight is 321 g/mol. The molecule has 7 heteroatoms. The zero-order valence-corrected chi connectivity index (χ0v) is 13.1. The zero-order chi connectivity index (χ0) is 16.3. The van der Waals surface area contributed by atoms with Crippen LogP contribution >= 0.6 is 12.9 Å². The smallest absolute Gasteiger partial charge is 0.368 e. The van der Waals surface area contributed by atoms with Crippen molar-refractivity contribution in [1.82, 2.24) is 15.1 Å². The van der Waals surface area contributed by atoms with E-state index in [0.29, 0.717) is 17.0 Å². The van der Waals surface area contributed by atoms with Gasteiger partial charge in [0, 0.05) is 31.6 Å². The maximum atomic E-state index is 14.0. The Kier molecular flexibility index (Phi) is 4.87. The van der Waals surface area contributed by atoms with Crippen molar-refractivity contribution in [1.29, 1.82) is 0 Å². The molecule has 2 rings (SSSR count). The van der Waals surface area contributed by atoms with Crippen LogP contribution in [0.2, 0.25) is 0 Å². The van der Waals surface area contributed by atoms with Crippen molar-refractivity contribution in [2.75, 3.05) is 7.05 Å².